The van der Waals surface area contributed by atoms with E-state index < -0.39 is 23.5 Å². The van der Waals surface area contributed by atoms with Gasteiger partial charge in [-0.1, -0.05) is 43.2 Å². The molecule has 0 saturated carbocycles. The van der Waals surface area contributed by atoms with E-state index in [0.29, 0.717) is 44.9 Å². The molecular formula is C29H29N3O5S2. The van der Waals surface area contributed by atoms with E-state index in [2.05, 4.69) is 16.9 Å². The number of nitrogens with zero attached hydrogens (tertiary/aromatic N) is 3. The highest BCUT2D eigenvalue weighted by Crippen LogP contribution is 2.45. The van der Waals surface area contributed by atoms with Crippen LogP contribution in [0, 0.1) is 13.8 Å². The number of aliphatic hydroxyl groups is 1. The number of benzene rings is 2. The van der Waals surface area contributed by atoms with Crippen LogP contribution < -0.4 is 14.4 Å². The molecule has 2 aromatic carbocycles. The van der Waals surface area contributed by atoms with E-state index in [0.717, 1.165) is 29.0 Å². The number of aliphatic hydroxyl groups excluding tert-OH is 1. The lowest BCUT2D eigenvalue weighted by atomic mass is 9.95. The number of Topliss-reactive ketones (excluding diaryl/α,β-unsaturated/α-hetero) is 1. The van der Waals surface area contributed by atoms with Crippen molar-refractivity contribution >= 4 is 49.7 Å². The van der Waals surface area contributed by atoms with Crippen molar-refractivity contribution < 1.29 is 24.2 Å². The Hall–Kier alpha value is -3.76. The second-order valence-corrected chi connectivity index (χ2v) is 11.5. The van der Waals surface area contributed by atoms with Gasteiger partial charge in [0.25, 0.3) is 5.91 Å². The molecule has 1 aliphatic heterocycles. The topological polar surface area (TPSA) is 102 Å². The van der Waals surface area contributed by atoms with Gasteiger partial charge in [0.05, 0.1) is 51.1 Å². The van der Waals surface area contributed by atoms with Gasteiger partial charge in [0.1, 0.15) is 11.5 Å². The fourth-order valence-corrected chi connectivity index (χ4v) is 6.55. The van der Waals surface area contributed by atoms with E-state index in [-0.39, 0.29) is 5.57 Å². The minimum Gasteiger partial charge on any atom is -0.503 e. The number of unbranched alkanes of at least 4 members (excludes halogenated alkanes) is 2. The largest absolute Gasteiger partial charge is 0.503 e. The molecule has 0 spiro atoms. The number of hydrogen-bond donors (Lipinski definition) is 1. The maximum atomic E-state index is 13.9. The Morgan fingerprint density at radius 1 is 1.08 bits per heavy atom. The van der Waals surface area contributed by atoms with Gasteiger partial charge in [-0.2, -0.15) is 0 Å². The van der Waals surface area contributed by atoms with Crippen LogP contribution in [0.4, 0.5) is 5.13 Å². The molecule has 2 aromatic heterocycles. The molecule has 0 aliphatic carbocycles. The molecule has 3 heterocycles. The van der Waals surface area contributed by atoms with E-state index >= 15 is 0 Å². The quantitative estimate of drug-likeness (QED) is 0.169. The van der Waals surface area contributed by atoms with Crippen molar-refractivity contribution in [2.24, 2.45) is 0 Å². The van der Waals surface area contributed by atoms with Crippen LogP contribution in [-0.2, 0) is 4.79 Å². The smallest absolute Gasteiger partial charge is 0.296 e. The standard InChI is InChI=1S/C29H29N3O5S2/c1-5-6-7-13-37-20-10-8-9-18(14-20)24-23(25(33)27-16(2)30-17(3)38-27)26(34)28(35)32(24)29-31-21-12-11-19(36-4)15-22(21)39-29/h8-12,14-15,24,34H,5-7,13H2,1-4H3. The zero-order valence-electron chi connectivity index (χ0n) is 22.2. The van der Waals surface area contributed by atoms with Gasteiger partial charge in [-0.25, -0.2) is 9.97 Å². The second kappa shape index (κ2) is 11.2. The molecule has 10 heteroatoms. The number of carbonyl (C=O) groups is 2. The number of aromatic nitrogens is 2. The van der Waals surface area contributed by atoms with Gasteiger partial charge >= 0.3 is 0 Å². The Morgan fingerprint density at radius 2 is 1.90 bits per heavy atom. The average Bonchev–Trinajstić information content (AvgIpc) is 3.58. The Balaban J connectivity index is 1.61. The predicted octanol–water partition coefficient (Wildman–Crippen LogP) is 6.73. The normalized spacial score (nSPS) is 15.4. The van der Waals surface area contributed by atoms with Crippen molar-refractivity contribution in [2.45, 2.75) is 46.1 Å². The van der Waals surface area contributed by atoms with Crippen LogP contribution in [0.15, 0.2) is 53.8 Å². The third-order valence-electron chi connectivity index (χ3n) is 6.54. The molecular weight excluding hydrogens is 534 g/mol. The third-order valence-corrected chi connectivity index (χ3v) is 8.63. The molecule has 39 heavy (non-hydrogen) atoms. The molecule has 4 aromatic rings. The van der Waals surface area contributed by atoms with Crippen molar-refractivity contribution in [1.29, 1.82) is 0 Å². The minimum absolute atomic E-state index is 0.00622. The average molecular weight is 564 g/mol. The first-order valence-corrected chi connectivity index (χ1v) is 14.4. The summed E-state index contributed by atoms with van der Waals surface area (Å²) >= 11 is 2.54. The second-order valence-electron chi connectivity index (χ2n) is 9.27. The highest BCUT2D eigenvalue weighted by molar-refractivity contribution is 7.22. The molecule has 1 aliphatic rings. The van der Waals surface area contributed by atoms with E-state index in [1.165, 1.54) is 27.6 Å². The van der Waals surface area contributed by atoms with E-state index in [9.17, 15) is 14.7 Å². The maximum Gasteiger partial charge on any atom is 0.296 e. The number of ketones is 1. The van der Waals surface area contributed by atoms with Crippen molar-refractivity contribution in [1.82, 2.24) is 9.97 Å². The third kappa shape index (κ3) is 5.14. The number of rotatable bonds is 10. The molecule has 1 N–H and O–H groups in total. The first kappa shape index (κ1) is 26.8. The number of methoxy groups -OCH3 is 1. The minimum atomic E-state index is -0.895. The summed E-state index contributed by atoms with van der Waals surface area (Å²) in [7, 11) is 1.59. The summed E-state index contributed by atoms with van der Waals surface area (Å²) in [5.41, 5.74) is 1.89. The van der Waals surface area contributed by atoms with Crippen molar-refractivity contribution in [3.63, 3.8) is 0 Å². The van der Waals surface area contributed by atoms with Gasteiger partial charge in [-0.05, 0) is 56.2 Å². The van der Waals surface area contributed by atoms with Crippen LogP contribution >= 0.6 is 22.7 Å². The van der Waals surface area contributed by atoms with Gasteiger partial charge in [0, 0.05) is 0 Å². The molecule has 1 amide bonds. The number of anilines is 1. The molecule has 202 valence electrons. The van der Waals surface area contributed by atoms with Gasteiger partial charge in [0.15, 0.2) is 10.9 Å². The van der Waals surface area contributed by atoms with Gasteiger partial charge in [0.2, 0.25) is 5.78 Å². The number of thiazole rings is 2. The fraction of sp³-hybridized carbons (Fsp3) is 0.310. The zero-order chi connectivity index (χ0) is 27.7. The molecule has 8 nitrogen and oxygen atoms in total. The van der Waals surface area contributed by atoms with Crippen LogP contribution in [0.3, 0.4) is 0 Å². The zero-order valence-corrected chi connectivity index (χ0v) is 23.8. The highest BCUT2D eigenvalue weighted by atomic mass is 32.1. The van der Waals surface area contributed by atoms with Gasteiger partial charge < -0.3 is 14.6 Å². The summed E-state index contributed by atoms with van der Waals surface area (Å²) in [5.74, 6) is -0.381. The van der Waals surface area contributed by atoms with Crippen LogP contribution in [0.1, 0.15) is 58.2 Å². The number of aryl methyl sites for hydroxylation is 2. The molecule has 5 rings (SSSR count). The Morgan fingerprint density at radius 3 is 2.62 bits per heavy atom. The number of amides is 1. The van der Waals surface area contributed by atoms with Crippen LogP contribution in [0.2, 0.25) is 0 Å². The highest BCUT2D eigenvalue weighted by Gasteiger charge is 2.46. The Kier molecular flexibility index (Phi) is 7.67. The Bertz CT molecular complexity index is 1590. The van der Waals surface area contributed by atoms with Crippen LogP contribution in [0.25, 0.3) is 10.2 Å². The van der Waals surface area contributed by atoms with Crippen LogP contribution in [0.5, 0.6) is 11.5 Å². The lowest BCUT2D eigenvalue weighted by Gasteiger charge is -2.24. The molecule has 0 saturated heterocycles. The number of fused-ring (bicyclic) bond motifs is 1. The summed E-state index contributed by atoms with van der Waals surface area (Å²) in [6, 6.07) is 11.9. The molecule has 1 unspecified atom stereocenters. The van der Waals surface area contributed by atoms with E-state index in [4.69, 9.17) is 9.47 Å². The van der Waals surface area contributed by atoms with E-state index in [1.54, 1.807) is 20.1 Å². The van der Waals surface area contributed by atoms with Gasteiger partial charge in [-0.15, -0.1) is 11.3 Å². The van der Waals surface area contributed by atoms with Gasteiger partial charge in [-0.3, -0.25) is 14.5 Å². The number of ether oxygens (including phenoxy) is 2. The first-order chi connectivity index (χ1) is 18.8. The van der Waals surface area contributed by atoms with Crippen molar-refractivity contribution in [3.05, 3.63) is 74.9 Å². The number of hydrogen-bond acceptors (Lipinski definition) is 9. The summed E-state index contributed by atoms with van der Waals surface area (Å²) in [6.45, 7) is 6.27. The summed E-state index contributed by atoms with van der Waals surface area (Å²) in [4.78, 5) is 38.4. The monoisotopic (exact) mass is 563 g/mol. The fourth-order valence-electron chi connectivity index (χ4n) is 4.65. The lowest BCUT2D eigenvalue weighted by Crippen LogP contribution is -2.31. The lowest BCUT2D eigenvalue weighted by molar-refractivity contribution is -0.117. The Labute approximate surface area is 234 Å². The number of carbonyl (C=O) groups excluding carboxylic acids is 2. The predicted molar refractivity (Wildman–Crippen MR) is 153 cm³/mol. The summed E-state index contributed by atoms with van der Waals surface area (Å²) in [6.07, 6.45) is 3.08. The van der Waals surface area contributed by atoms with E-state index in [1.807, 2.05) is 43.3 Å². The van der Waals surface area contributed by atoms with Crippen LogP contribution in [-0.4, -0.2) is 40.5 Å². The van der Waals surface area contributed by atoms with Crippen molar-refractivity contribution in [2.75, 3.05) is 18.6 Å². The maximum absolute atomic E-state index is 13.9. The summed E-state index contributed by atoms with van der Waals surface area (Å²) < 4.78 is 12.1. The molecule has 0 bridgehead atoms. The summed E-state index contributed by atoms with van der Waals surface area (Å²) in [5, 5.41) is 12.3. The SMILES string of the molecule is CCCCCOc1cccc(C2C(C(=O)c3sc(C)nc3C)=C(O)C(=O)N2c2nc3ccc(OC)cc3s2)c1. The molecule has 0 fully saturated rings. The first-order valence-electron chi connectivity index (χ1n) is 12.7. The molecule has 0 radical (unpaired) electrons. The molecule has 1 atom stereocenters. The van der Waals surface area contributed by atoms with Crippen molar-refractivity contribution in [3.8, 4) is 11.5 Å².